The maximum absolute atomic E-state index is 13.5. The van der Waals surface area contributed by atoms with Crippen LogP contribution in [0.25, 0.3) is 0 Å². The molecule has 12 heteroatoms. The number of carboxylic acids is 1. The van der Waals surface area contributed by atoms with Crippen molar-refractivity contribution in [2.24, 2.45) is 0 Å². The Morgan fingerprint density at radius 1 is 1.15 bits per heavy atom. The van der Waals surface area contributed by atoms with Crippen LogP contribution in [0.15, 0.2) is 27.8 Å². The Balaban J connectivity index is 2.20. The van der Waals surface area contributed by atoms with Crippen molar-refractivity contribution in [3.63, 3.8) is 0 Å². The van der Waals surface area contributed by atoms with E-state index in [1.807, 2.05) is 5.32 Å². The number of carboxylic acid groups (broad SMARTS) is 1. The lowest BCUT2D eigenvalue weighted by molar-refractivity contribution is -0.135. The highest BCUT2D eigenvalue weighted by atomic mass is 19.3. The predicted octanol–water partition coefficient (Wildman–Crippen LogP) is 2.16. The summed E-state index contributed by atoms with van der Waals surface area (Å²) in [6, 6.07) is 1.93. The maximum Gasteiger partial charge on any atom is 0.334 e. The van der Waals surface area contributed by atoms with Crippen molar-refractivity contribution >= 4 is 11.9 Å². The van der Waals surface area contributed by atoms with E-state index in [-0.39, 0.29) is 5.56 Å². The topological polar surface area (TPSA) is 131 Å². The van der Waals surface area contributed by atoms with Crippen molar-refractivity contribution in [1.29, 1.82) is 0 Å². The number of hydrogen-bond acceptors (Lipinski definition) is 5. The number of aliphatic carboxylic acids is 1. The molecule has 0 atom stereocenters. The molecule has 0 spiro atoms. The van der Waals surface area contributed by atoms with Crippen LogP contribution in [-0.2, 0) is 11.3 Å². The molecule has 9 nitrogen and oxygen atoms in total. The minimum absolute atomic E-state index is 0.200. The van der Waals surface area contributed by atoms with E-state index in [0.29, 0.717) is 36.3 Å². The molecule has 1 aliphatic rings. The monoisotopic (exact) mass is 469 g/mol. The molecule has 1 fully saturated rings. The number of hydrogen-bond donors (Lipinski definition) is 3. The SMILES string of the molecule is O=C(O)CNC(=O)c1c(O)n(Cc2ccc(F)cc2C(F)F)c(=O)n(C2CCCCC2)c1=O. The van der Waals surface area contributed by atoms with Gasteiger partial charge in [-0.3, -0.25) is 23.5 Å². The molecule has 178 valence electrons. The third kappa shape index (κ3) is 5.10. The van der Waals surface area contributed by atoms with Gasteiger partial charge in [0.05, 0.1) is 6.54 Å². The Kier molecular flexibility index (Phi) is 7.24. The van der Waals surface area contributed by atoms with Gasteiger partial charge in [0, 0.05) is 11.6 Å². The van der Waals surface area contributed by atoms with Gasteiger partial charge in [0.25, 0.3) is 17.9 Å². The summed E-state index contributed by atoms with van der Waals surface area (Å²) < 4.78 is 41.8. The van der Waals surface area contributed by atoms with Crippen LogP contribution >= 0.6 is 0 Å². The number of nitrogens with zero attached hydrogens (tertiary/aromatic N) is 2. The van der Waals surface area contributed by atoms with Crippen LogP contribution in [0, 0.1) is 5.82 Å². The summed E-state index contributed by atoms with van der Waals surface area (Å²) in [4.78, 5) is 49.5. The van der Waals surface area contributed by atoms with Gasteiger partial charge in [-0.2, -0.15) is 0 Å². The quantitative estimate of drug-likeness (QED) is 0.570. The standard InChI is InChI=1S/C21H22F3N3O6/c22-12-7-6-11(14(8-12)17(23)24)10-26-19(31)16(18(30)25-9-15(28)29)20(32)27(21(26)33)13-4-2-1-3-5-13/h6-8,13,17,31H,1-5,9-10H2,(H,25,30)(H,28,29). The largest absolute Gasteiger partial charge is 0.494 e. The summed E-state index contributed by atoms with van der Waals surface area (Å²) in [6.45, 7) is -1.52. The highest BCUT2D eigenvalue weighted by Gasteiger charge is 2.29. The van der Waals surface area contributed by atoms with E-state index in [9.17, 15) is 37.5 Å². The van der Waals surface area contributed by atoms with E-state index >= 15 is 0 Å². The van der Waals surface area contributed by atoms with E-state index < -0.39 is 71.5 Å². The Bertz CT molecular complexity index is 1180. The molecule has 1 aromatic heterocycles. The smallest absolute Gasteiger partial charge is 0.334 e. The van der Waals surface area contributed by atoms with E-state index in [2.05, 4.69) is 0 Å². The van der Waals surface area contributed by atoms with Crippen LogP contribution in [0.3, 0.4) is 0 Å². The summed E-state index contributed by atoms with van der Waals surface area (Å²) in [7, 11) is 0. The van der Waals surface area contributed by atoms with Gasteiger partial charge in [-0.15, -0.1) is 0 Å². The second-order valence-corrected chi connectivity index (χ2v) is 7.75. The molecular weight excluding hydrogens is 447 g/mol. The summed E-state index contributed by atoms with van der Waals surface area (Å²) in [6.07, 6.45) is 0.133. The fourth-order valence-corrected chi connectivity index (χ4v) is 3.99. The zero-order valence-electron chi connectivity index (χ0n) is 17.4. The second-order valence-electron chi connectivity index (χ2n) is 7.75. The Morgan fingerprint density at radius 2 is 1.82 bits per heavy atom. The number of nitrogens with one attached hydrogen (secondary N) is 1. The molecule has 1 amide bonds. The maximum atomic E-state index is 13.5. The first-order chi connectivity index (χ1) is 15.6. The van der Waals surface area contributed by atoms with Crippen LogP contribution in [0.1, 0.15) is 66.1 Å². The lowest BCUT2D eigenvalue weighted by Crippen LogP contribution is -2.47. The van der Waals surface area contributed by atoms with Crippen molar-refractivity contribution < 1.29 is 33.0 Å². The van der Waals surface area contributed by atoms with Crippen molar-refractivity contribution in [2.75, 3.05) is 6.54 Å². The number of alkyl halides is 2. The molecule has 1 aromatic carbocycles. The number of benzene rings is 1. The summed E-state index contributed by atoms with van der Waals surface area (Å²) in [5, 5.41) is 21.4. The first kappa shape index (κ1) is 24.1. The molecule has 1 aliphatic carbocycles. The molecule has 0 saturated heterocycles. The molecule has 0 aliphatic heterocycles. The molecule has 33 heavy (non-hydrogen) atoms. The highest BCUT2D eigenvalue weighted by Crippen LogP contribution is 2.28. The van der Waals surface area contributed by atoms with Gasteiger partial charge in [0.15, 0.2) is 5.56 Å². The molecule has 1 saturated carbocycles. The third-order valence-electron chi connectivity index (χ3n) is 5.59. The molecule has 1 heterocycles. The number of rotatable bonds is 7. The van der Waals surface area contributed by atoms with Crippen LogP contribution in [-0.4, -0.2) is 37.8 Å². The molecule has 0 radical (unpaired) electrons. The predicted molar refractivity (Wildman–Crippen MR) is 109 cm³/mol. The van der Waals surface area contributed by atoms with Crippen molar-refractivity contribution in [3.05, 3.63) is 61.5 Å². The van der Waals surface area contributed by atoms with Gasteiger partial charge in [-0.25, -0.2) is 18.0 Å². The summed E-state index contributed by atoms with van der Waals surface area (Å²) in [5.74, 6) is -4.65. The first-order valence-electron chi connectivity index (χ1n) is 10.3. The summed E-state index contributed by atoms with van der Waals surface area (Å²) >= 11 is 0. The minimum Gasteiger partial charge on any atom is -0.494 e. The van der Waals surface area contributed by atoms with Gasteiger partial charge in [-0.05, 0) is 30.5 Å². The lowest BCUT2D eigenvalue weighted by Gasteiger charge is -2.25. The van der Waals surface area contributed by atoms with E-state index in [1.54, 1.807) is 0 Å². The van der Waals surface area contributed by atoms with Crippen LogP contribution in [0.4, 0.5) is 13.2 Å². The first-order valence-corrected chi connectivity index (χ1v) is 10.3. The zero-order valence-corrected chi connectivity index (χ0v) is 17.4. The van der Waals surface area contributed by atoms with E-state index in [1.165, 1.54) is 0 Å². The van der Waals surface area contributed by atoms with Gasteiger partial charge in [0.2, 0.25) is 5.88 Å². The van der Waals surface area contributed by atoms with Crippen molar-refractivity contribution in [3.8, 4) is 5.88 Å². The number of amides is 1. The van der Waals surface area contributed by atoms with Gasteiger partial charge < -0.3 is 15.5 Å². The number of carbonyl (C=O) groups excluding carboxylic acids is 1. The van der Waals surface area contributed by atoms with Gasteiger partial charge in [0.1, 0.15) is 12.4 Å². The number of carbonyl (C=O) groups is 2. The highest BCUT2D eigenvalue weighted by molar-refractivity contribution is 5.97. The fraction of sp³-hybridized carbons (Fsp3) is 0.429. The average Bonchev–Trinajstić information content (AvgIpc) is 2.76. The molecule has 2 aromatic rings. The van der Waals surface area contributed by atoms with Crippen molar-refractivity contribution in [1.82, 2.24) is 14.5 Å². The molecule has 0 unspecified atom stereocenters. The number of aromatic hydroxyl groups is 1. The van der Waals surface area contributed by atoms with Crippen LogP contribution < -0.4 is 16.6 Å². The van der Waals surface area contributed by atoms with Crippen LogP contribution in [0.2, 0.25) is 0 Å². The van der Waals surface area contributed by atoms with Gasteiger partial charge in [-0.1, -0.05) is 25.3 Å². The zero-order chi connectivity index (χ0) is 24.3. The Hall–Kier alpha value is -3.57. The molecular formula is C21H22F3N3O6. The fourth-order valence-electron chi connectivity index (χ4n) is 3.99. The van der Waals surface area contributed by atoms with Crippen molar-refractivity contribution in [2.45, 2.75) is 51.1 Å². The second kappa shape index (κ2) is 9.92. The minimum atomic E-state index is -3.09. The number of aromatic nitrogens is 2. The molecule has 3 N–H and O–H groups in total. The number of halogens is 3. The molecule has 3 rings (SSSR count). The Morgan fingerprint density at radius 3 is 2.42 bits per heavy atom. The lowest BCUT2D eigenvalue weighted by atomic mass is 9.95. The summed E-state index contributed by atoms with van der Waals surface area (Å²) in [5.41, 5.74) is -3.90. The normalized spacial score (nSPS) is 14.4. The third-order valence-corrected chi connectivity index (χ3v) is 5.59. The van der Waals surface area contributed by atoms with Gasteiger partial charge >= 0.3 is 11.7 Å². The molecule has 0 bridgehead atoms. The van der Waals surface area contributed by atoms with E-state index in [0.717, 1.165) is 23.1 Å². The average molecular weight is 469 g/mol. The Labute approximate surface area is 185 Å². The van der Waals surface area contributed by atoms with Crippen LogP contribution in [0.5, 0.6) is 5.88 Å². The van der Waals surface area contributed by atoms with E-state index in [4.69, 9.17) is 5.11 Å².